The highest BCUT2D eigenvalue weighted by Gasteiger charge is 2.53. The van der Waals surface area contributed by atoms with Gasteiger partial charge in [0, 0.05) is 0 Å². The second-order valence-electron chi connectivity index (χ2n) is 6.41. The first kappa shape index (κ1) is 20.5. The smallest absolute Gasteiger partial charge is 0.366 e. The average Bonchev–Trinajstić information content (AvgIpc) is 3.08. The third-order valence-corrected chi connectivity index (χ3v) is 4.40. The van der Waals surface area contributed by atoms with E-state index in [0.29, 0.717) is 11.1 Å². The van der Waals surface area contributed by atoms with Crippen molar-refractivity contribution >= 4 is 17.9 Å². The molecule has 1 saturated heterocycles. The van der Waals surface area contributed by atoms with Crippen LogP contribution in [-0.2, 0) is 23.7 Å². The van der Waals surface area contributed by atoms with Crippen LogP contribution in [0.15, 0.2) is 60.7 Å². The van der Waals surface area contributed by atoms with Gasteiger partial charge in [-0.3, -0.25) is 0 Å². The summed E-state index contributed by atoms with van der Waals surface area (Å²) in [4.78, 5) is 36.4. The molecule has 1 N–H and O–H groups in total. The fraction of sp³-hybridized carbons (Fsp3) is 0.286. The van der Waals surface area contributed by atoms with E-state index in [1.807, 2.05) is 0 Å². The SMILES string of the molecule is COC(=O)[C@@]1(O)C[C@H](OC(=O)c2ccccc2)[C@@H](COC(=O)c2ccccc2)O1. The monoisotopic (exact) mass is 400 g/mol. The molecule has 2 aromatic carbocycles. The van der Waals surface area contributed by atoms with Crippen LogP contribution in [0.2, 0.25) is 0 Å². The lowest BCUT2D eigenvalue weighted by Crippen LogP contribution is -2.40. The van der Waals surface area contributed by atoms with Crippen LogP contribution in [0.25, 0.3) is 0 Å². The molecule has 29 heavy (non-hydrogen) atoms. The Bertz CT molecular complexity index is 867. The third kappa shape index (κ3) is 4.79. The fourth-order valence-corrected chi connectivity index (χ4v) is 2.92. The van der Waals surface area contributed by atoms with Gasteiger partial charge < -0.3 is 24.1 Å². The van der Waals surface area contributed by atoms with Gasteiger partial charge in [0.2, 0.25) is 0 Å². The number of esters is 3. The molecule has 1 aliphatic rings. The van der Waals surface area contributed by atoms with Gasteiger partial charge in [0.05, 0.1) is 24.7 Å². The molecule has 1 heterocycles. The van der Waals surface area contributed by atoms with Gasteiger partial charge in [-0.1, -0.05) is 36.4 Å². The highest BCUT2D eigenvalue weighted by molar-refractivity contribution is 5.90. The molecule has 0 aromatic heterocycles. The number of rotatable bonds is 6. The summed E-state index contributed by atoms with van der Waals surface area (Å²) in [5, 5.41) is 10.4. The average molecular weight is 400 g/mol. The van der Waals surface area contributed by atoms with Gasteiger partial charge in [-0.05, 0) is 24.3 Å². The van der Waals surface area contributed by atoms with E-state index >= 15 is 0 Å². The number of carbonyl (C=O) groups excluding carboxylic acids is 3. The predicted octanol–water partition coefficient (Wildman–Crippen LogP) is 1.72. The number of ether oxygens (including phenoxy) is 4. The van der Waals surface area contributed by atoms with Gasteiger partial charge in [0.25, 0.3) is 5.79 Å². The maximum atomic E-state index is 12.4. The van der Waals surface area contributed by atoms with E-state index in [4.69, 9.17) is 14.2 Å². The van der Waals surface area contributed by atoms with E-state index in [-0.39, 0.29) is 13.0 Å². The van der Waals surface area contributed by atoms with Crippen molar-refractivity contribution in [2.45, 2.75) is 24.4 Å². The third-order valence-electron chi connectivity index (χ3n) is 4.40. The molecule has 1 aliphatic heterocycles. The first-order valence-corrected chi connectivity index (χ1v) is 8.90. The standard InChI is InChI=1S/C21H20O8/c1-26-20(24)21(25)12-16(28-19(23)15-10-6-3-7-11-15)17(29-21)13-27-18(22)14-8-4-2-5-9-14/h2-11,16-17,25H,12-13H2,1H3/t16-,17+,21+/m0/s1. The Kier molecular flexibility index (Phi) is 6.26. The van der Waals surface area contributed by atoms with Gasteiger partial charge in [0.1, 0.15) is 18.8 Å². The summed E-state index contributed by atoms with van der Waals surface area (Å²) < 4.78 is 20.6. The first-order valence-electron chi connectivity index (χ1n) is 8.90. The van der Waals surface area contributed by atoms with Crippen molar-refractivity contribution < 1.29 is 38.4 Å². The molecule has 8 heteroatoms. The minimum Gasteiger partial charge on any atom is -0.465 e. The van der Waals surface area contributed by atoms with Crippen LogP contribution in [0.3, 0.4) is 0 Å². The maximum Gasteiger partial charge on any atom is 0.366 e. The van der Waals surface area contributed by atoms with E-state index in [0.717, 1.165) is 7.11 Å². The molecule has 0 radical (unpaired) electrons. The molecule has 0 saturated carbocycles. The molecule has 2 aromatic rings. The highest BCUT2D eigenvalue weighted by Crippen LogP contribution is 2.32. The lowest BCUT2D eigenvalue weighted by Gasteiger charge is -2.20. The van der Waals surface area contributed by atoms with E-state index in [1.165, 1.54) is 0 Å². The minimum absolute atomic E-state index is 0.293. The molecule has 8 nitrogen and oxygen atoms in total. The summed E-state index contributed by atoms with van der Waals surface area (Å²) in [7, 11) is 1.09. The van der Waals surface area contributed by atoms with Crippen molar-refractivity contribution in [2.24, 2.45) is 0 Å². The Hall–Kier alpha value is -3.23. The molecule has 3 atom stereocenters. The predicted molar refractivity (Wildman–Crippen MR) is 98.8 cm³/mol. The van der Waals surface area contributed by atoms with E-state index < -0.39 is 35.9 Å². The summed E-state index contributed by atoms with van der Waals surface area (Å²) in [6.45, 7) is -0.334. The molecule has 1 fully saturated rings. The van der Waals surface area contributed by atoms with Crippen molar-refractivity contribution in [3.05, 3.63) is 71.8 Å². The Morgan fingerprint density at radius 3 is 2.10 bits per heavy atom. The number of hydrogen-bond donors (Lipinski definition) is 1. The molecule has 0 bridgehead atoms. The topological polar surface area (TPSA) is 108 Å². The summed E-state index contributed by atoms with van der Waals surface area (Å²) in [6.07, 6.45) is -2.44. The largest absolute Gasteiger partial charge is 0.465 e. The second kappa shape index (κ2) is 8.85. The van der Waals surface area contributed by atoms with E-state index in [1.54, 1.807) is 60.7 Å². The number of methoxy groups -OCH3 is 1. The quantitative estimate of drug-likeness (QED) is 0.577. The fourth-order valence-electron chi connectivity index (χ4n) is 2.92. The summed E-state index contributed by atoms with van der Waals surface area (Å²) >= 11 is 0. The van der Waals surface area contributed by atoms with E-state index in [2.05, 4.69) is 4.74 Å². The van der Waals surface area contributed by atoms with Crippen LogP contribution in [0, 0.1) is 0 Å². The molecular weight excluding hydrogens is 380 g/mol. The van der Waals surface area contributed by atoms with Crippen molar-refractivity contribution in [1.82, 2.24) is 0 Å². The first-order chi connectivity index (χ1) is 13.9. The summed E-state index contributed by atoms with van der Waals surface area (Å²) in [5.41, 5.74) is 0.618. The number of hydrogen-bond acceptors (Lipinski definition) is 8. The Morgan fingerprint density at radius 1 is 1.00 bits per heavy atom. The zero-order valence-electron chi connectivity index (χ0n) is 15.6. The van der Waals surface area contributed by atoms with Crippen molar-refractivity contribution in [3.8, 4) is 0 Å². The lowest BCUT2D eigenvalue weighted by molar-refractivity contribution is -0.222. The van der Waals surface area contributed by atoms with Gasteiger partial charge in [-0.25, -0.2) is 14.4 Å². The molecule has 152 valence electrons. The van der Waals surface area contributed by atoms with Crippen molar-refractivity contribution in [3.63, 3.8) is 0 Å². The van der Waals surface area contributed by atoms with Crippen LogP contribution in [-0.4, -0.2) is 54.7 Å². The molecule has 0 spiro atoms. The lowest BCUT2D eigenvalue weighted by atomic mass is 10.1. The number of carbonyl (C=O) groups is 3. The van der Waals surface area contributed by atoms with Crippen LogP contribution in [0.5, 0.6) is 0 Å². The van der Waals surface area contributed by atoms with Crippen LogP contribution < -0.4 is 0 Å². The van der Waals surface area contributed by atoms with Crippen LogP contribution in [0.1, 0.15) is 27.1 Å². The Labute approximate surface area is 167 Å². The highest BCUT2D eigenvalue weighted by atomic mass is 16.7. The molecule has 0 aliphatic carbocycles. The zero-order chi connectivity index (χ0) is 20.9. The van der Waals surface area contributed by atoms with Crippen LogP contribution in [0.4, 0.5) is 0 Å². The van der Waals surface area contributed by atoms with Crippen molar-refractivity contribution in [1.29, 1.82) is 0 Å². The number of benzene rings is 2. The van der Waals surface area contributed by atoms with Gasteiger partial charge in [-0.15, -0.1) is 0 Å². The number of aliphatic hydroxyl groups is 1. The summed E-state index contributed by atoms with van der Waals surface area (Å²) in [5.74, 6) is -4.61. The van der Waals surface area contributed by atoms with Gasteiger partial charge in [0.15, 0.2) is 0 Å². The summed E-state index contributed by atoms with van der Waals surface area (Å²) in [6, 6.07) is 16.5. The molecule has 3 rings (SSSR count). The Balaban J connectivity index is 1.71. The van der Waals surface area contributed by atoms with E-state index in [9.17, 15) is 19.5 Å². The van der Waals surface area contributed by atoms with Crippen LogP contribution >= 0.6 is 0 Å². The molecule has 0 amide bonds. The molecule has 0 unspecified atom stereocenters. The maximum absolute atomic E-state index is 12.4. The minimum atomic E-state index is -2.31. The normalized spacial score (nSPS) is 23.2. The van der Waals surface area contributed by atoms with Gasteiger partial charge in [-0.2, -0.15) is 0 Å². The Morgan fingerprint density at radius 2 is 1.55 bits per heavy atom. The molecular formula is C21H20O8. The zero-order valence-corrected chi connectivity index (χ0v) is 15.6. The van der Waals surface area contributed by atoms with Gasteiger partial charge >= 0.3 is 17.9 Å². The van der Waals surface area contributed by atoms with Crippen molar-refractivity contribution in [2.75, 3.05) is 13.7 Å². The second-order valence-corrected chi connectivity index (χ2v) is 6.41.